The Morgan fingerprint density at radius 3 is 1.91 bits per heavy atom. The van der Waals surface area contributed by atoms with Crippen LogP contribution in [0, 0.1) is 10.8 Å². The number of hydrogen-bond donors (Lipinski definition) is 2. The van der Waals surface area contributed by atoms with E-state index in [9.17, 15) is 0 Å². The maximum Gasteiger partial charge on any atom is 0.132 e. The zero-order chi connectivity index (χ0) is 29.7. The lowest BCUT2D eigenvalue weighted by Crippen LogP contribution is -2.32. The van der Waals surface area contributed by atoms with Gasteiger partial charge in [0.15, 0.2) is 0 Å². The molecule has 0 amide bonds. The van der Waals surface area contributed by atoms with Gasteiger partial charge in [0.25, 0.3) is 0 Å². The van der Waals surface area contributed by atoms with Gasteiger partial charge in [-0.15, -0.1) is 0 Å². The van der Waals surface area contributed by atoms with Crippen molar-refractivity contribution in [3.05, 3.63) is 185 Å². The van der Waals surface area contributed by atoms with Crippen LogP contribution >= 0.6 is 0 Å². The third kappa shape index (κ3) is 3.89. The Bertz CT molecular complexity index is 2100. The lowest BCUT2D eigenvalue weighted by atomic mass is 9.66. The van der Waals surface area contributed by atoms with E-state index in [2.05, 4.69) is 72.8 Å². The van der Waals surface area contributed by atoms with Gasteiger partial charge in [0.2, 0.25) is 0 Å². The average molecular weight is 566 g/mol. The minimum absolute atomic E-state index is 0.248. The standard InChI is InChI=1S/C40H27N3O/c41-34(26-11-2-1-3-12-26)22-23-35(42)37-19-10-18-36(43-37)27-21-24-39-33(25-27)40(32-17-8-9-20-38(32)44-39)30-15-6-4-13-28(30)29-14-5-7-16-31(29)40/h1-25,41-42H/b23-22-,41-34?,42-35?. The highest BCUT2D eigenvalue weighted by atomic mass is 16.5. The Morgan fingerprint density at radius 2 is 1.16 bits per heavy atom. The second-order valence-electron chi connectivity index (χ2n) is 11.1. The van der Waals surface area contributed by atoms with Gasteiger partial charge in [0.05, 0.1) is 28.2 Å². The summed E-state index contributed by atoms with van der Waals surface area (Å²) in [7, 11) is 0. The fraction of sp³-hybridized carbons (Fsp3) is 0.0250. The topological polar surface area (TPSA) is 69.8 Å². The smallest absolute Gasteiger partial charge is 0.132 e. The van der Waals surface area contributed by atoms with Crippen LogP contribution in [0.15, 0.2) is 152 Å². The summed E-state index contributed by atoms with van der Waals surface area (Å²) in [5, 5.41) is 17.1. The van der Waals surface area contributed by atoms with Gasteiger partial charge >= 0.3 is 0 Å². The van der Waals surface area contributed by atoms with Crippen molar-refractivity contribution in [2.75, 3.05) is 0 Å². The number of aromatic nitrogens is 1. The van der Waals surface area contributed by atoms with Crippen LogP contribution in [-0.4, -0.2) is 16.4 Å². The number of pyridine rings is 1. The van der Waals surface area contributed by atoms with Crippen molar-refractivity contribution in [1.29, 1.82) is 10.8 Å². The number of rotatable bonds is 5. The molecule has 1 aromatic heterocycles. The second kappa shape index (κ2) is 10.1. The van der Waals surface area contributed by atoms with Gasteiger partial charge < -0.3 is 10.1 Å². The summed E-state index contributed by atoms with van der Waals surface area (Å²) in [5.41, 5.74) is 10.3. The van der Waals surface area contributed by atoms with Crippen LogP contribution in [0.5, 0.6) is 11.5 Å². The third-order valence-electron chi connectivity index (χ3n) is 8.67. The molecule has 1 aliphatic carbocycles. The highest BCUT2D eigenvalue weighted by Crippen LogP contribution is 2.62. The first-order valence-corrected chi connectivity index (χ1v) is 14.6. The Labute approximate surface area is 256 Å². The van der Waals surface area contributed by atoms with Crippen molar-refractivity contribution < 1.29 is 4.74 Å². The van der Waals surface area contributed by atoms with E-state index in [0.717, 1.165) is 39.4 Å². The van der Waals surface area contributed by atoms with Crippen molar-refractivity contribution in [1.82, 2.24) is 4.98 Å². The predicted molar refractivity (Wildman–Crippen MR) is 176 cm³/mol. The van der Waals surface area contributed by atoms with Gasteiger partial charge in [-0.1, -0.05) is 103 Å². The van der Waals surface area contributed by atoms with Crippen LogP contribution < -0.4 is 4.74 Å². The third-order valence-corrected chi connectivity index (χ3v) is 8.67. The largest absolute Gasteiger partial charge is 0.457 e. The average Bonchev–Trinajstić information content (AvgIpc) is 3.38. The fourth-order valence-corrected chi connectivity index (χ4v) is 6.73. The SMILES string of the molecule is N=C(/C=C\C(=N)c1cccc(-c2ccc3c(c2)C2(c4ccccc4O3)c3ccccc3-c3ccccc32)n1)c1ccccc1. The van der Waals surface area contributed by atoms with E-state index in [-0.39, 0.29) is 5.71 Å². The lowest BCUT2D eigenvalue weighted by molar-refractivity contribution is 0.436. The molecule has 1 aliphatic heterocycles. The number of nitrogens with zero attached hydrogens (tertiary/aromatic N) is 1. The summed E-state index contributed by atoms with van der Waals surface area (Å²) in [5.74, 6) is 1.69. The van der Waals surface area contributed by atoms with E-state index in [1.54, 1.807) is 12.2 Å². The number of allylic oxidation sites excluding steroid dienone is 2. The maximum absolute atomic E-state index is 8.70. The van der Waals surface area contributed by atoms with Gasteiger partial charge in [0.1, 0.15) is 11.5 Å². The first-order chi connectivity index (χ1) is 21.6. The first-order valence-electron chi connectivity index (χ1n) is 14.6. The van der Waals surface area contributed by atoms with Gasteiger partial charge in [-0.2, -0.15) is 0 Å². The van der Waals surface area contributed by atoms with Crippen LogP contribution in [0.1, 0.15) is 33.5 Å². The van der Waals surface area contributed by atoms with Crippen molar-refractivity contribution in [3.8, 4) is 33.9 Å². The van der Waals surface area contributed by atoms with E-state index in [4.69, 9.17) is 20.5 Å². The van der Waals surface area contributed by atoms with Gasteiger partial charge in [-0.05, 0) is 76.4 Å². The monoisotopic (exact) mass is 565 g/mol. The van der Waals surface area contributed by atoms with Crippen LogP contribution in [0.4, 0.5) is 0 Å². The number of benzene rings is 5. The normalized spacial score (nSPS) is 13.5. The molecule has 6 aromatic rings. The highest BCUT2D eigenvalue weighted by molar-refractivity contribution is 6.13. The number of ether oxygens (including phenoxy) is 1. The van der Waals surface area contributed by atoms with E-state index in [1.165, 1.54) is 22.3 Å². The summed E-state index contributed by atoms with van der Waals surface area (Å²) < 4.78 is 6.55. The molecule has 0 saturated carbocycles. The zero-order valence-corrected chi connectivity index (χ0v) is 23.8. The summed E-state index contributed by atoms with van der Waals surface area (Å²) in [6.45, 7) is 0. The summed E-state index contributed by atoms with van der Waals surface area (Å²) >= 11 is 0. The van der Waals surface area contributed by atoms with E-state index < -0.39 is 5.41 Å². The quantitative estimate of drug-likeness (QED) is 0.204. The van der Waals surface area contributed by atoms with Crippen molar-refractivity contribution in [3.63, 3.8) is 0 Å². The molecule has 2 N–H and O–H groups in total. The Balaban J connectivity index is 1.25. The molecule has 0 fully saturated rings. The predicted octanol–water partition coefficient (Wildman–Crippen LogP) is 9.21. The van der Waals surface area contributed by atoms with Gasteiger partial charge in [-0.3, -0.25) is 5.41 Å². The second-order valence-corrected chi connectivity index (χ2v) is 11.1. The number of fused-ring (bicyclic) bond motifs is 9. The van der Waals surface area contributed by atoms with Crippen LogP contribution in [0.3, 0.4) is 0 Å². The molecular weight excluding hydrogens is 538 g/mol. The summed E-state index contributed by atoms with van der Waals surface area (Å²) in [6, 6.07) is 47.3. The highest BCUT2D eigenvalue weighted by Gasteiger charge is 2.50. The van der Waals surface area contributed by atoms with E-state index in [1.807, 2.05) is 66.7 Å². The lowest BCUT2D eigenvalue weighted by Gasteiger charge is -2.39. The van der Waals surface area contributed by atoms with Crippen molar-refractivity contribution in [2.45, 2.75) is 5.41 Å². The molecule has 0 unspecified atom stereocenters. The minimum Gasteiger partial charge on any atom is -0.457 e. The molecule has 1 spiro atoms. The first kappa shape index (κ1) is 25.8. The molecule has 0 bridgehead atoms. The molecule has 2 aliphatic rings. The van der Waals surface area contributed by atoms with Crippen LogP contribution in [0.2, 0.25) is 0 Å². The molecule has 4 heteroatoms. The molecular formula is C40H27N3O. The molecule has 4 nitrogen and oxygen atoms in total. The molecule has 0 radical (unpaired) electrons. The maximum atomic E-state index is 8.70. The molecule has 2 heterocycles. The van der Waals surface area contributed by atoms with E-state index >= 15 is 0 Å². The molecule has 8 rings (SSSR count). The molecule has 0 saturated heterocycles. The van der Waals surface area contributed by atoms with E-state index in [0.29, 0.717) is 11.4 Å². The number of nitrogens with one attached hydrogen (secondary N) is 2. The minimum atomic E-state index is -0.543. The number of para-hydroxylation sites is 1. The Kier molecular flexibility index (Phi) is 5.95. The van der Waals surface area contributed by atoms with Crippen LogP contribution in [0.25, 0.3) is 22.4 Å². The summed E-state index contributed by atoms with van der Waals surface area (Å²) in [6.07, 6.45) is 3.29. The molecule has 0 atom stereocenters. The molecule has 208 valence electrons. The Morgan fingerprint density at radius 1 is 0.545 bits per heavy atom. The number of hydrogen-bond acceptors (Lipinski definition) is 4. The van der Waals surface area contributed by atoms with Gasteiger partial charge in [0, 0.05) is 16.7 Å². The molecule has 44 heavy (non-hydrogen) atoms. The van der Waals surface area contributed by atoms with Crippen LogP contribution in [-0.2, 0) is 5.41 Å². The van der Waals surface area contributed by atoms with Crippen molar-refractivity contribution in [2.24, 2.45) is 0 Å². The molecule has 5 aromatic carbocycles. The van der Waals surface area contributed by atoms with Crippen molar-refractivity contribution >= 4 is 11.4 Å². The fourth-order valence-electron chi connectivity index (χ4n) is 6.73. The van der Waals surface area contributed by atoms with Gasteiger partial charge in [-0.25, -0.2) is 4.98 Å². The zero-order valence-electron chi connectivity index (χ0n) is 23.8. The summed E-state index contributed by atoms with van der Waals surface area (Å²) in [4.78, 5) is 4.90. The Hall–Kier alpha value is -5.87.